The molecule has 3 aromatic rings. The maximum Gasteiger partial charge on any atom is 0.234 e. The molecule has 5 nitrogen and oxygen atoms in total. The SMILES string of the molecule is Cc1nc2ccc(NC(=O)CSCC(=O)Nc3ccc(C)c(C)c3)cc2s1. The zero-order chi connectivity index (χ0) is 19.4. The van der Waals surface area contributed by atoms with E-state index in [1.807, 2.05) is 57.2 Å². The van der Waals surface area contributed by atoms with E-state index in [1.165, 1.54) is 17.3 Å². The molecule has 1 aromatic heterocycles. The molecule has 0 unspecified atom stereocenters. The van der Waals surface area contributed by atoms with Crippen molar-refractivity contribution >= 4 is 56.5 Å². The third-order valence-corrected chi connectivity index (χ3v) is 5.90. The first-order valence-corrected chi connectivity index (χ1v) is 10.5. The number of rotatable bonds is 6. The lowest BCUT2D eigenvalue weighted by Crippen LogP contribution is -2.18. The Morgan fingerprint density at radius 2 is 1.56 bits per heavy atom. The number of aryl methyl sites for hydroxylation is 3. The van der Waals surface area contributed by atoms with E-state index >= 15 is 0 Å². The second-order valence-electron chi connectivity index (χ2n) is 6.30. The highest BCUT2D eigenvalue weighted by Crippen LogP contribution is 2.24. The zero-order valence-corrected chi connectivity index (χ0v) is 17.1. The molecule has 7 heteroatoms. The quantitative estimate of drug-likeness (QED) is 0.639. The van der Waals surface area contributed by atoms with E-state index in [1.54, 1.807) is 11.3 Å². The summed E-state index contributed by atoms with van der Waals surface area (Å²) < 4.78 is 1.05. The highest BCUT2D eigenvalue weighted by molar-refractivity contribution is 8.00. The van der Waals surface area contributed by atoms with E-state index < -0.39 is 0 Å². The van der Waals surface area contributed by atoms with Crippen LogP contribution in [-0.2, 0) is 9.59 Å². The number of benzene rings is 2. The molecule has 2 aromatic carbocycles. The first-order chi connectivity index (χ1) is 12.9. The number of hydrogen-bond donors (Lipinski definition) is 2. The Balaban J connectivity index is 1.45. The fraction of sp³-hybridized carbons (Fsp3) is 0.250. The molecule has 0 aliphatic rings. The van der Waals surface area contributed by atoms with Gasteiger partial charge in [-0.05, 0) is 62.2 Å². The van der Waals surface area contributed by atoms with Gasteiger partial charge in [0.2, 0.25) is 11.8 Å². The fourth-order valence-electron chi connectivity index (χ4n) is 2.57. The van der Waals surface area contributed by atoms with Crippen LogP contribution in [0.5, 0.6) is 0 Å². The van der Waals surface area contributed by atoms with E-state index in [0.717, 1.165) is 32.2 Å². The Bertz CT molecular complexity index is 998. The van der Waals surface area contributed by atoms with Crippen LogP contribution in [0.15, 0.2) is 36.4 Å². The number of carbonyl (C=O) groups is 2. The van der Waals surface area contributed by atoms with Crippen molar-refractivity contribution in [2.24, 2.45) is 0 Å². The van der Waals surface area contributed by atoms with Crippen LogP contribution in [-0.4, -0.2) is 28.3 Å². The number of nitrogens with one attached hydrogen (secondary N) is 2. The fourth-order valence-corrected chi connectivity index (χ4v) is 4.05. The highest BCUT2D eigenvalue weighted by Gasteiger charge is 2.08. The van der Waals surface area contributed by atoms with Crippen molar-refractivity contribution in [2.45, 2.75) is 20.8 Å². The summed E-state index contributed by atoms with van der Waals surface area (Å²) in [7, 11) is 0. The number of thioether (sulfide) groups is 1. The lowest BCUT2D eigenvalue weighted by molar-refractivity contribution is -0.114. The van der Waals surface area contributed by atoms with Gasteiger partial charge in [-0.3, -0.25) is 9.59 Å². The van der Waals surface area contributed by atoms with Crippen LogP contribution < -0.4 is 10.6 Å². The molecular formula is C20H21N3O2S2. The van der Waals surface area contributed by atoms with E-state index in [9.17, 15) is 9.59 Å². The molecular weight excluding hydrogens is 378 g/mol. The average molecular weight is 400 g/mol. The summed E-state index contributed by atoms with van der Waals surface area (Å²) in [5.74, 6) is 0.213. The molecule has 0 spiro atoms. The summed E-state index contributed by atoms with van der Waals surface area (Å²) in [6.45, 7) is 6.00. The van der Waals surface area contributed by atoms with E-state index in [-0.39, 0.29) is 23.3 Å². The molecule has 3 rings (SSSR count). The van der Waals surface area contributed by atoms with Crippen molar-refractivity contribution in [3.63, 3.8) is 0 Å². The minimum atomic E-state index is -0.125. The number of hydrogen-bond acceptors (Lipinski definition) is 5. The molecule has 27 heavy (non-hydrogen) atoms. The minimum Gasteiger partial charge on any atom is -0.325 e. The van der Waals surface area contributed by atoms with Crippen molar-refractivity contribution < 1.29 is 9.59 Å². The van der Waals surface area contributed by atoms with Gasteiger partial charge in [-0.2, -0.15) is 0 Å². The smallest absolute Gasteiger partial charge is 0.234 e. The van der Waals surface area contributed by atoms with Crippen LogP contribution in [0.2, 0.25) is 0 Å². The Morgan fingerprint density at radius 3 is 2.22 bits per heavy atom. The summed E-state index contributed by atoms with van der Waals surface area (Å²) in [5.41, 5.74) is 4.78. The van der Waals surface area contributed by atoms with Gasteiger partial charge in [0.1, 0.15) is 0 Å². The molecule has 0 saturated heterocycles. The Kier molecular flexibility index (Phi) is 6.13. The molecule has 0 aliphatic heterocycles. The van der Waals surface area contributed by atoms with E-state index in [0.29, 0.717) is 0 Å². The van der Waals surface area contributed by atoms with Gasteiger partial charge in [-0.25, -0.2) is 4.98 Å². The summed E-state index contributed by atoms with van der Waals surface area (Å²) in [5, 5.41) is 6.73. The molecule has 0 fully saturated rings. The predicted molar refractivity (Wildman–Crippen MR) is 115 cm³/mol. The van der Waals surface area contributed by atoms with Crippen LogP contribution in [0.1, 0.15) is 16.1 Å². The third-order valence-electron chi connectivity index (χ3n) is 4.04. The number of nitrogens with zero attached hydrogens (tertiary/aromatic N) is 1. The van der Waals surface area contributed by atoms with Crippen LogP contribution in [0.4, 0.5) is 11.4 Å². The van der Waals surface area contributed by atoms with Crippen molar-refractivity contribution in [1.29, 1.82) is 0 Å². The van der Waals surface area contributed by atoms with Gasteiger partial charge in [0.05, 0.1) is 26.7 Å². The van der Waals surface area contributed by atoms with Crippen molar-refractivity contribution in [2.75, 3.05) is 22.1 Å². The number of carbonyl (C=O) groups excluding carboxylic acids is 2. The molecule has 0 saturated carbocycles. The second-order valence-corrected chi connectivity index (χ2v) is 8.52. The normalized spacial score (nSPS) is 10.8. The summed E-state index contributed by atoms with van der Waals surface area (Å²) >= 11 is 2.89. The van der Waals surface area contributed by atoms with Crippen LogP contribution in [0.25, 0.3) is 10.2 Å². The number of aromatic nitrogens is 1. The van der Waals surface area contributed by atoms with E-state index in [2.05, 4.69) is 15.6 Å². The molecule has 2 N–H and O–H groups in total. The van der Waals surface area contributed by atoms with Gasteiger partial charge in [-0.15, -0.1) is 23.1 Å². The molecule has 0 radical (unpaired) electrons. The van der Waals surface area contributed by atoms with Gasteiger partial charge < -0.3 is 10.6 Å². The lowest BCUT2D eigenvalue weighted by atomic mass is 10.1. The van der Waals surface area contributed by atoms with Crippen LogP contribution in [0.3, 0.4) is 0 Å². The van der Waals surface area contributed by atoms with E-state index in [4.69, 9.17) is 0 Å². The maximum atomic E-state index is 12.1. The molecule has 1 heterocycles. The molecule has 140 valence electrons. The van der Waals surface area contributed by atoms with Gasteiger partial charge in [0, 0.05) is 11.4 Å². The number of anilines is 2. The van der Waals surface area contributed by atoms with Gasteiger partial charge in [0.15, 0.2) is 0 Å². The molecule has 0 atom stereocenters. The van der Waals surface area contributed by atoms with Crippen molar-refractivity contribution in [1.82, 2.24) is 4.98 Å². The minimum absolute atomic E-state index is 0.113. The molecule has 0 aliphatic carbocycles. The van der Waals surface area contributed by atoms with Crippen LogP contribution in [0, 0.1) is 20.8 Å². The summed E-state index contributed by atoms with van der Waals surface area (Å²) in [6, 6.07) is 11.5. The Morgan fingerprint density at radius 1 is 0.926 bits per heavy atom. The third kappa shape index (κ3) is 5.30. The zero-order valence-electron chi connectivity index (χ0n) is 15.5. The molecule has 2 amide bonds. The monoisotopic (exact) mass is 399 g/mol. The number of amides is 2. The highest BCUT2D eigenvalue weighted by atomic mass is 32.2. The summed E-state index contributed by atoms with van der Waals surface area (Å²) in [4.78, 5) is 28.5. The topological polar surface area (TPSA) is 71.1 Å². The molecule has 0 bridgehead atoms. The standard InChI is InChI=1S/C20H21N3O2S2/c1-12-4-5-15(8-13(12)2)22-19(24)10-26-11-20(25)23-16-6-7-17-18(9-16)27-14(3)21-17/h4-9H,10-11H2,1-3H3,(H,22,24)(H,23,25). The van der Waals surface area contributed by atoms with Gasteiger partial charge in [-0.1, -0.05) is 6.07 Å². The number of fused-ring (bicyclic) bond motifs is 1. The largest absolute Gasteiger partial charge is 0.325 e. The first-order valence-electron chi connectivity index (χ1n) is 8.52. The predicted octanol–water partition coefficient (Wildman–Crippen LogP) is 4.53. The number of thiazole rings is 1. The van der Waals surface area contributed by atoms with Crippen molar-refractivity contribution in [3.8, 4) is 0 Å². The lowest BCUT2D eigenvalue weighted by Gasteiger charge is -2.08. The summed E-state index contributed by atoms with van der Waals surface area (Å²) in [6.07, 6.45) is 0. The van der Waals surface area contributed by atoms with Crippen molar-refractivity contribution in [3.05, 3.63) is 52.5 Å². The average Bonchev–Trinajstić information content (AvgIpc) is 2.97. The Hall–Kier alpha value is -2.38. The second kappa shape index (κ2) is 8.54. The van der Waals surface area contributed by atoms with Gasteiger partial charge in [0.25, 0.3) is 0 Å². The Labute approximate surface area is 166 Å². The first kappa shape index (κ1) is 19.4. The van der Waals surface area contributed by atoms with Crippen LogP contribution >= 0.6 is 23.1 Å². The maximum absolute atomic E-state index is 12.1. The van der Waals surface area contributed by atoms with Gasteiger partial charge >= 0.3 is 0 Å².